The molecule has 156 valence electrons. The molecule has 0 saturated carbocycles. The van der Waals surface area contributed by atoms with E-state index in [2.05, 4.69) is 38.2 Å². The van der Waals surface area contributed by atoms with Crippen molar-refractivity contribution >= 4 is 23.1 Å². The van der Waals surface area contributed by atoms with E-state index in [1.54, 1.807) is 18.2 Å². The number of nitrogens with zero attached hydrogens (tertiary/aromatic N) is 5. The van der Waals surface area contributed by atoms with E-state index in [-0.39, 0.29) is 11.5 Å². The molecule has 4 rings (SSSR count). The van der Waals surface area contributed by atoms with E-state index in [4.69, 9.17) is 11.0 Å². The van der Waals surface area contributed by atoms with Crippen LogP contribution in [0, 0.1) is 11.3 Å². The maximum Gasteiger partial charge on any atom is 0.271 e. The Labute approximate surface area is 180 Å². The largest absolute Gasteiger partial charge is 0.369 e. The van der Waals surface area contributed by atoms with E-state index >= 15 is 0 Å². The summed E-state index contributed by atoms with van der Waals surface area (Å²) in [6.07, 6.45) is 1.48. The highest BCUT2D eigenvalue weighted by Crippen LogP contribution is 2.25. The monoisotopic (exact) mass is 413 g/mol. The van der Waals surface area contributed by atoms with E-state index < -0.39 is 5.91 Å². The molecule has 8 heteroatoms. The van der Waals surface area contributed by atoms with E-state index in [0.717, 1.165) is 43.1 Å². The summed E-state index contributed by atoms with van der Waals surface area (Å²) < 4.78 is 0. The second kappa shape index (κ2) is 8.81. The average Bonchev–Trinajstić information content (AvgIpc) is 2.80. The first-order chi connectivity index (χ1) is 15.0. The van der Waals surface area contributed by atoms with Crippen LogP contribution in [0.4, 0.5) is 17.2 Å². The number of anilines is 3. The van der Waals surface area contributed by atoms with Crippen molar-refractivity contribution in [1.82, 2.24) is 14.9 Å². The zero-order chi connectivity index (χ0) is 21.8. The average molecular weight is 413 g/mol. The topological polar surface area (TPSA) is 111 Å². The molecular weight excluding hydrogens is 390 g/mol. The number of amides is 1. The van der Waals surface area contributed by atoms with Gasteiger partial charge in [0, 0.05) is 43.1 Å². The zero-order valence-electron chi connectivity index (χ0n) is 17.2. The number of aromatic nitrogens is 2. The molecule has 1 aliphatic rings. The van der Waals surface area contributed by atoms with Crippen molar-refractivity contribution in [3.8, 4) is 17.3 Å². The van der Waals surface area contributed by atoms with Crippen molar-refractivity contribution in [2.24, 2.45) is 5.73 Å². The summed E-state index contributed by atoms with van der Waals surface area (Å²) in [5, 5.41) is 12.3. The predicted octanol–water partition coefficient (Wildman–Crippen LogP) is 2.61. The lowest BCUT2D eigenvalue weighted by Crippen LogP contribution is -2.44. The first kappa shape index (κ1) is 20.3. The Bertz CT molecular complexity index is 1130. The van der Waals surface area contributed by atoms with Gasteiger partial charge in [0.1, 0.15) is 0 Å². The van der Waals surface area contributed by atoms with E-state index in [1.165, 1.54) is 6.20 Å². The second-order valence-corrected chi connectivity index (χ2v) is 7.47. The fourth-order valence-electron chi connectivity index (χ4n) is 3.50. The molecule has 2 aromatic carbocycles. The Morgan fingerprint density at radius 2 is 1.87 bits per heavy atom. The summed E-state index contributed by atoms with van der Waals surface area (Å²) >= 11 is 0. The van der Waals surface area contributed by atoms with Crippen molar-refractivity contribution in [2.45, 2.75) is 0 Å². The van der Waals surface area contributed by atoms with Gasteiger partial charge in [0.15, 0.2) is 11.5 Å². The number of carbonyl (C=O) groups excluding carboxylic acids is 1. The molecule has 3 aromatic rings. The summed E-state index contributed by atoms with van der Waals surface area (Å²) in [5.41, 5.74) is 9.28. The van der Waals surface area contributed by atoms with Crippen LogP contribution in [0.25, 0.3) is 11.3 Å². The number of primary amides is 1. The van der Waals surface area contributed by atoms with Crippen LogP contribution >= 0.6 is 0 Å². The molecule has 0 aliphatic carbocycles. The molecule has 8 nitrogen and oxygen atoms in total. The molecule has 1 fully saturated rings. The van der Waals surface area contributed by atoms with Crippen LogP contribution in [-0.4, -0.2) is 54.0 Å². The third-order valence-electron chi connectivity index (χ3n) is 5.29. The van der Waals surface area contributed by atoms with E-state index in [0.29, 0.717) is 11.3 Å². The van der Waals surface area contributed by atoms with E-state index in [9.17, 15) is 4.79 Å². The Hall–Kier alpha value is -3.96. The number of nitrogens with two attached hydrogens (primary N) is 1. The minimum Gasteiger partial charge on any atom is -0.369 e. The number of nitriles is 1. The summed E-state index contributed by atoms with van der Waals surface area (Å²) in [6.45, 7) is 4.06. The van der Waals surface area contributed by atoms with Crippen LogP contribution in [0.2, 0.25) is 0 Å². The number of hydrogen-bond donors (Lipinski definition) is 2. The van der Waals surface area contributed by atoms with Crippen LogP contribution in [-0.2, 0) is 0 Å². The van der Waals surface area contributed by atoms with Gasteiger partial charge < -0.3 is 20.9 Å². The molecule has 0 radical (unpaired) electrons. The second-order valence-electron chi connectivity index (χ2n) is 7.47. The normalized spacial score (nSPS) is 14.1. The highest BCUT2D eigenvalue weighted by Gasteiger charge is 2.16. The summed E-state index contributed by atoms with van der Waals surface area (Å²) in [5.74, 6) is -0.388. The van der Waals surface area contributed by atoms with Crippen molar-refractivity contribution in [1.29, 1.82) is 5.26 Å². The standard InChI is InChI=1S/C23H23N7O/c1-29-9-11-30(12-10-29)19-7-5-18(6-8-19)27-23-21(22(25)31)26-15-20(28-23)17-4-2-3-16(13-17)14-24/h2-8,13,15H,9-12H2,1H3,(H2,25,31)(H,27,28). The molecule has 0 atom stereocenters. The van der Waals surface area contributed by atoms with E-state index in [1.807, 2.05) is 30.3 Å². The third-order valence-corrected chi connectivity index (χ3v) is 5.29. The number of piperazine rings is 1. The zero-order valence-corrected chi connectivity index (χ0v) is 17.2. The van der Waals surface area contributed by atoms with Gasteiger partial charge in [-0.05, 0) is 43.4 Å². The molecule has 0 spiro atoms. The molecule has 2 heterocycles. The SMILES string of the molecule is CN1CCN(c2ccc(Nc3nc(-c4cccc(C#N)c4)cnc3C(N)=O)cc2)CC1. The maximum absolute atomic E-state index is 11.9. The van der Waals surface area contributed by atoms with Crippen molar-refractivity contribution in [2.75, 3.05) is 43.4 Å². The van der Waals surface area contributed by atoms with Crippen molar-refractivity contribution in [3.05, 3.63) is 66.0 Å². The molecule has 1 amide bonds. The Balaban J connectivity index is 1.59. The Morgan fingerprint density at radius 3 is 2.55 bits per heavy atom. The Kier molecular flexibility index (Phi) is 5.78. The minimum absolute atomic E-state index is 0.0586. The molecule has 0 unspecified atom stereocenters. The van der Waals surface area contributed by atoms with Crippen molar-refractivity contribution < 1.29 is 4.79 Å². The lowest BCUT2D eigenvalue weighted by molar-refractivity contribution is 0.0996. The molecule has 1 aromatic heterocycles. The highest BCUT2D eigenvalue weighted by molar-refractivity contribution is 5.96. The number of carbonyl (C=O) groups is 1. The molecule has 31 heavy (non-hydrogen) atoms. The first-order valence-electron chi connectivity index (χ1n) is 10.0. The number of hydrogen-bond acceptors (Lipinski definition) is 7. The fourth-order valence-corrected chi connectivity index (χ4v) is 3.50. The quantitative estimate of drug-likeness (QED) is 0.661. The van der Waals surface area contributed by atoms with Gasteiger partial charge in [-0.1, -0.05) is 12.1 Å². The minimum atomic E-state index is -0.665. The van der Waals surface area contributed by atoms with Gasteiger partial charge in [0.25, 0.3) is 5.91 Å². The van der Waals surface area contributed by atoms with Gasteiger partial charge in [-0.2, -0.15) is 5.26 Å². The summed E-state index contributed by atoms with van der Waals surface area (Å²) in [4.78, 5) is 25.3. The molecule has 1 aliphatic heterocycles. The first-order valence-corrected chi connectivity index (χ1v) is 10.0. The maximum atomic E-state index is 11.9. The molecular formula is C23H23N7O. The number of likely N-dealkylation sites (N-methyl/N-ethyl adjacent to an activating group) is 1. The van der Waals surface area contributed by atoms with Gasteiger partial charge in [-0.15, -0.1) is 0 Å². The molecule has 3 N–H and O–H groups in total. The molecule has 1 saturated heterocycles. The Morgan fingerprint density at radius 1 is 1.13 bits per heavy atom. The summed E-state index contributed by atoms with van der Waals surface area (Å²) in [6, 6.07) is 17.2. The predicted molar refractivity (Wildman–Crippen MR) is 120 cm³/mol. The van der Waals surface area contributed by atoms with Gasteiger partial charge in [0.05, 0.1) is 23.5 Å². The van der Waals surface area contributed by atoms with Gasteiger partial charge in [-0.25, -0.2) is 9.97 Å². The van der Waals surface area contributed by atoms with Crippen LogP contribution in [0.5, 0.6) is 0 Å². The fraction of sp³-hybridized carbons (Fsp3) is 0.217. The number of nitrogens with one attached hydrogen (secondary N) is 1. The van der Waals surface area contributed by atoms with Gasteiger partial charge in [-0.3, -0.25) is 4.79 Å². The van der Waals surface area contributed by atoms with Crippen LogP contribution in [0.3, 0.4) is 0 Å². The lowest BCUT2D eigenvalue weighted by Gasteiger charge is -2.34. The van der Waals surface area contributed by atoms with Crippen LogP contribution in [0.1, 0.15) is 16.1 Å². The number of benzene rings is 2. The third kappa shape index (κ3) is 4.63. The summed E-state index contributed by atoms with van der Waals surface area (Å²) in [7, 11) is 2.13. The van der Waals surface area contributed by atoms with Crippen LogP contribution in [0.15, 0.2) is 54.7 Å². The highest BCUT2D eigenvalue weighted by atomic mass is 16.1. The van der Waals surface area contributed by atoms with Crippen LogP contribution < -0.4 is 16.0 Å². The smallest absolute Gasteiger partial charge is 0.271 e. The number of rotatable bonds is 5. The molecule has 0 bridgehead atoms. The van der Waals surface area contributed by atoms with Crippen molar-refractivity contribution in [3.63, 3.8) is 0 Å². The van der Waals surface area contributed by atoms with Gasteiger partial charge in [0.2, 0.25) is 0 Å². The van der Waals surface area contributed by atoms with Gasteiger partial charge >= 0.3 is 0 Å². The lowest BCUT2D eigenvalue weighted by atomic mass is 10.1.